The summed E-state index contributed by atoms with van der Waals surface area (Å²) in [4.78, 5) is 29.4. The van der Waals surface area contributed by atoms with Gasteiger partial charge < -0.3 is 19.3 Å². The van der Waals surface area contributed by atoms with E-state index < -0.39 is 17.7 Å². The molecule has 1 fully saturated rings. The molecule has 0 saturated heterocycles. The Morgan fingerprint density at radius 3 is 2.49 bits per heavy atom. The Kier molecular flexibility index (Phi) is 5.23. The topological polar surface area (TPSA) is 95.0 Å². The number of carbonyl (C=O) groups excluding carboxylic acids is 1. The smallest absolute Gasteiger partial charge is 0.496 e. The first kappa shape index (κ1) is 22.8. The highest BCUT2D eigenvalue weighted by molar-refractivity contribution is 5.95. The molecular formula is C26H21F2NO6. The summed E-state index contributed by atoms with van der Waals surface area (Å²) in [7, 11) is 1.40. The number of benzene rings is 2. The molecule has 2 aromatic carbocycles. The largest absolute Gasteiger partial charge is 0.586 e. The fraction of sp³-hybridized carbons (Fsp3) is 0.269. The fourth-order valence-electron chi connectivity index (χ4n) is 4.41. The van der Waals surface area contributed by atoms with E-state index >= 15 is 0 Å². The van der Waals surface area contributed by atoms with Gasteiger partial charge in [-0.25, -0.2) is 4.79 Å². The number of carboxylic acid groups (broad SMARTS) is 1. The minimum atomic E-state index is -3.71. The number of halogens is 2. The van der Waals surface area contributed by atoms with Gasteiger partial charge >= 0.3 is 12.3 Å². The molecular weight excluding hydrogens is 460 g/mol. The van der Waals surface area contributed by atoms with Crippen LogP contribution in [0.4, 0.5) is 8.78 Å². The zero-order valence-corrected chi connectivity index (χ0v) is 18.9. The van der Waals surface area contributed by atoms with E-state index in [1.165, 1.54) is 25.3 Å². The van der Waals surface area contributed by atoms with Gasteiger partial charge in [0, 0.05) is 17.7 Å². The second kappa shape index (κ2) is 8.04. The Bertz CT molecular complexity index is 1370. The van der Waals surface area contributed by atoms with Crippen LogP contribution in [0.1, 0.15) is 40.0 Å². The summed E-state index contributed by atoms with van der Waals surface area (Å²) in [6.07, 6.45) is -2.44. The Morgan fingerprint density at radius 2 is 1.80 bits per heavy atom. The zero-order valence-electron chi connectivity index (χ0n) is 18.9. The molecule has 3 aromatic rings. The second-order valence-electron chi connectivity index (χ2n) is 8.70. The highest BCUT2D eigenvalue weighted by atomic mass is 19.3. The molecule has 1 saturated carbocycles. The monoisotopic (exact) mass is 481 g/mol. The van der Waals surface area contributed by atoms with E-state index in [0.717, 1.165) is 5.56 Å². The van der Waals surface area contributed by atoms with E-state index in [-0.39, 0.29) is 35.0 Å². The van der Waals surface area contributed by atoms with Crippen LogP contribution in [-0.2, 0) is 16.6 Å². The first-order chi connectivity index (χ1) is 16.6. The number of pyridine rings is 1. The van der Waals surface area contributed by atoms with Crippen LogP contribution in [0, 0.1) is 6.92 Å². The zero-order chi connectivity index (χ0) is 25.0. The van der Waals surface area contributed by atoms with Gasteiger partial charge in [0.15, 0.2) is 11.5 Å². The molecule has 0 bridgehead atoms. The highest BCUT2D eigenvalue weighted by Crippen LogP contribution is 2.52. The van der Waals surface area contributed by atoms with Crippen molar-refractivity contribution in [3.8, 4) is 28.5 Å². The highest BCUT2D eigenvalue weighted by Gasteiger charge is 2.52. The predicted molar refractivity (Wildman–Crippen MR) is 120 cm³/mol. The van der Waals surface area contributed by atoms with Crippen molar-refractivity contribution in [1.29, 1.82) is 0 Å². The second-order valence-corrected chi connectivity index (χ2v) is 8.70. The van der Waals surface area contributed by atoms with Crippen LogP contribution in [0.15, 0.2) is 48.5 Å². The number of methoxy groups -OCH3 is 1. The molecule has 1 aromatic heterocycles. The number of Topliss-reactive ketones (excluding diaryl/α,β-unsaturated/α-hetero) is 1. The van der Waals surface area contributed by atoms with E-state index in [0.29, 0.717) is 35.4 Å². The standard InChI is InChI=1S/C26H21F2NO6/c1-14-3-6-17(29-23(14)15-4-7-18(24(31)32)20(11-15)33-2)13-22(30)25(9-10-25)16-5-8-19-21(12-16)35-26(27,28)34-19/h3-8,11-12H,9-10,13H2,1-2H3,(H,31,32). The number of carbonyl (C=O) groups is 2. The Morgan fingerprint density at radius 1 is 1.06 bits per heavy atom. The summed E-state index contributed by atoms with van der Waals surface area (Å²) < 4.78 is 41.0. The quantitative estimate of drug-likeness (QED) is 0.511. The lowest BCUT2D eigenvalue weighted by molar-refractivity contribution is -0.286. The van der Waals surface area contributed by atoms with E-state index in [1.807, 2.05) is 13.0 Å². The molecule has 0 spiro atoms. The Hall–Kier alpha value is -4.01. The molecule has 0 amide bonds. The van der Waals surface area contributed by atoms with Gasteiger partial charge in [0.25, 0.3) is 0 Å². The van der Waals surface area contributed by atoms with Crippen LogP contribution in [-0.4, -0.2) is 35.2 Å². The maximum Gasteiger partial charge on any atom is 0.586 e. The summed E-state index contributed by atoms with van der Waals surface area (Å²) in [6.45, 7) is 1.87. The van der Waals surface area contributed by atoms with Gasteiger partial charge in [0.2, 0.25) is 0 Å². The molecule has 1 N–H and O–H groups in total. The van der Waals surface area contributed by atoms with Crippen molar-refractivity contribution >= 4 is 11.8 Å². The molecule has 2 heterocycles. The molecule has 0 unspecified atom stereocenters. The predicted octanol–water partition coefficient (Wildman–Crippen LogP) is 4.93. The average molecular weight is 481 g/mol. The Labute approximate surface area is 199 Å². The number of fused-ring (bicyclic) bond motifs is 1. The summed E-state index contributed by atoms with van der Waals surface area (Å²) in [6, 6.07) is 12.8. The number of hydrogen-bond donors (Lipinski definition) is 1. The van der Waals surface area contributed by atoms with Crippen molar-refractivity contribution in [3.63, 3.8) is 0 Å². The number of aromatic nitrogens is 1. The molecule has 5 rings (SSSR count). The van der Waals surface area contributed by atoms with Crippen LogP contribution in [0.3, 0.4) is 0 Å². The van der Waals surface area contributed by atoms with Crippen molar-refractivity contribution in [1.82, 2.24) is 4.98 Å². The number of rotatable bonds is 7. The van der Waals surface area contributed by atoms with Crippen LogP contribution >= 0.6 is 0 Å². The van der Waals surface area contributed by atoms with Gasteiger partial charge in [-0.05, 0) is 61.2 Å². The number of ketones is 1. The van der Waals surface area contributed by atoms with E-state index in [1.54, 1.807) is 24.3 Å². The molecule has 1 aliphatic heterocycles. The number of nitrogens with zero attached hydrogens (tertiary/aromatic N) is 1. The van der Waals surface area contributed by atoms with E-state index in [9.17, 15) is 23.5 Å². The van der Waals surface area contributed by atoms with Crippen molar-refractivity contribution in [2.75, 3.05) is 7.11 Å². The number of carboxylic acids is 1. The summed E-state index contributed by atoms with van der Waals surface area (Å²) >= 11 is 0. The molecule has 0 radical (unpaired) electrons. The molecule has 35 heavy (non-hydrogen) atoms. The van der Waals surface area contributed by atoms with Crippen molar-refractivity contribution in [2.45, 2.75) is 37.9 Å². The lowest BCUT2D eigenvalue weighted by atomic mass is 9.88. The third kappa shape index (κ3) is 4.07. The van der Waals surface area contributed by atoms with Crippen molar-refractivity contribution < 1.29 is 37.7 Å². The molecule has 0 atom stereocenters. The van der Waals surface area contributed by atoms with Crippen LogP contribution in [0.5, 0.6) is 17.2 Å². The van der Waals surface area contributed by atoms with E-state index in [4.69, 9.17) is 4.74 Å². The normalized spacial score (nSPS) is 16.6. The third-order valence-corrected chi connectivity index (χ3v) is 6.44. The van der Waals surface area contributed by atoms with Crippen molar-refractivity contribution in [2.24, 2.45) is 0 Å². The van der Waals surface area contributed by atoms with Gasteiger partial charge in [-0.3, -0.25) is 9.78 Å². The van der Waals surface area contributed by atoms with Crippen molar-refractivity contribution in [3.05, 3.63) is 70.9 Å². The third-order valence-electron chi connectivity index (χ3n) is 6.44. The minimum Gasteiger partial charge on any atom is -0.496 e. The maximum atomic E-state index is 13.4. The number of aromatic carboxylic acids is 1. The molecule has 1 aliphatic carbocycles. The number of aryl methyl sites for hydroxylation is 1. The van der Waals surface area contributed by atoms with Gasteiger partial charge in [-0.2, -0.15) is 0 Å². The average Bonchev–Trinajstić information content (AvgIpc) is 3.56. The molecule has 9 heteroatoms. The number of ether oxygens (including phenoxy) is 3. The van der Waals surface area contributed by atoms with E-state index in [2.05, 4.69) is 14.5 Å². The van der Waals surface area contributed by atoms with Gasteiger partial charge in [0.1, 0.15) is 17.1 Å². The van der Waals surface area contributed by atoms with Crippen LogP contribution < -0.4 is 14.2 Å². The molecule has 7 nitrogen and oxygen atoms in total. The van der Waals surface area contributed by atoms with Crippen LogP contribution in [0.2, 0.25) is 0 Å². The first-order valence-electron chi connectivity index (χ1n) is 10.9. The lowest BCUT2D eigenvalue weighted by Crippen LogP contribution is -2.26. The molecule has 2 aliphatic rings. The summed E-state index contributed by atoms with van der Waals surface area (Å²) in [5.74, 6) is -1.09. The SMILES string of the molecule is COc1cc(-c2nc(CC(=O)C3(c4ccc5c(c4)OC(F)(F)O5)CC3)ccc2C)ccc1C(=O)O. The van der Waals surface area contributed by atoms with Gasteiger partial charge in [-0.1, -0.05) is 18.2 Å². The van der Waals surface area contributed by atoms with Gasteiger partial charge in [-0.15, -0.1) is 8.78 Å². The minimum absolute atomic E-state index is 0.0393. The fourth-order valence-corrected chi connectivity index (χ4v) is 4.41. The number of hydrogen-bond acceptors (Lipinski definition) is 6. The lowest BCUT2D eigenvalue weighted by Gasteiger charge is -2.16. The summed E-state index contributed by atoms with van der Waals surface area (Å²) in [5, 5.41) is 9.32. The molecule has 180 valence electrons. The maximum absolute atomic E-state index is 13.4. The first-order valence-corrected chi connectivity index (χ1v) is 10.9. The van der Waals surface area contributed by atoms with Gasteiger partial charge in [0.05, 0.1) is 18.2 Å². The number of alkyl halides is 2. The summed E-state index contributed by atoms with van der Waals surface area (Å²) in [5.41, 5.74) is 2.56. The van der Waals surface area contributed by atoms with Crippen LogP contribution in [0.25, 0.3) is 11.3 Å². The Balaban J connectivity index is 1.41.